The van der Waals surface area contributed by atoms with Crippen LogP contribution in [0.15, 0.2) is 18.2 Å². The number of rotatable bonds is 0. The van der Waals surface area contributed by atoms with E-state index in [4.69, 9.17) is 4.74 Å². The van der Waals surface area contributed by atoms with E-state index >= 15 is 0 Å². The van der Waals surface area contributed by atoms with Crippen molar-refractivity contribution in [3.05, 3.63) is 29.3 Å². The summed E-state index contributed by atoms with van der Waals surface area (Å²) in [5, 5.41) is 9.65. The van der Waals surface area contributed by atoms with Crippen molar-refractivity contribution in [2.75, 3.05) is 6.61 Å². The quantitative estimate of drug-likeness (QED) is 0.738. The summed E-state index contributed by atoms with van der Waals surface area (Å²) in [7, 11) is 0. The van der Waals surface area contributed by atoms with E-state index in [1.54, 1.807) is 6.07 Å². The van der Waals surface area contributed by atoms with Gasteiger partial charge in [0.2, 0.25) is 0 Å². The van der Waals surface area contributed by atoms with Gasteiger partial charge in [0.15, 0.2) is 0 Å². The van der Waals surface area contributed by atoms with Gasteiger partial charge in [0.25, 0.3) is 0 Å². The summed E-state index contributed by atoms with van der Waals surface area (Å²) in [5.41, 5.74) is 2.43. The molecule has 4 atom stereocenters. The maximum absolute atomic E-state index is 12.0. The molecule has 1 saturated carbocycles. The van der Waals surface area contributed by atoms with E-state index in [-0.39, 0.29) is 11.4 Å². The van der Waals surface area contributed by atoms with Crippen LogP contribution in [0, 0.1) is 17.3 Å². The Hall–Kier alpha value is -1.51. The number of phenolic OH excluding ortho intramolecular Hbond substituents is 1. The van der Waals surface area contributed by atoms with Crippen LogP contribution in [0.25, 0.3) is 0 Å². The normalized spacial score (nSPS) is 38.6. The lowest BCUT2D eigenvalue weighted by molar-refractivity contribution is -0.147. The molecule has 1 N–H and O–H groups in total. The number of hydrogen-bond acceptors (Lipinski definition) is 3. The summed E-state index contributed by atoms with van der Waals surface area (Å²) in [6.07, 6.45) is 4.10. The molecule has 3 nitrogen and oxygen atoms in total. The highest BCUT2D eigenvalue weighted by Crippen LogP contribution is 2.57. The zero-order chi connectivity index (χ0) is 13.9. The molecule has 3 aliphatic rings. The van der Waals surface area contributed by atoms with Crippen LogP contribution in [0.5, 0.6) is 5.75 Å². The monoisotopic (exact) mass is 272 g/mol. The lowest BCUT2D eigenvalue weighted by Crippen LogP contribution is -2.43. The van der Waals surface area contributed by atoms with E-state index in [0.717, 1.165) is 25.7 Å². The van der Waals surface area contributed by atoms with Crippen molar-refractivity contribution >= 4 is 5.97 Å². The Bertz CT molecular complexity index is 580. The fourth-order valence-corrected chi connectivity index (χ4v) is 4.78. The Morgan fingerprint density at radius 1 is 1.35 bits per heavy atom. The zero-order valence-electron chi connectivity index (χ0n) is 11.8. The van der Waals surface area contributed by atoms with E-state index in [0.29, 0.717) is 30.1 Å². The first kappa shape index (κ1) is 12.2. The largest absolute Gasteiger partial charge is 0.508 e. The van der Waals surface area contributed by atoms with Crippen molar-refractivity contribution in [2.24, 2.45) is 17.3 Å². The number of carbonyl (C=O) groups excluding carboxylic acids is 1. The number of hydrogen-bond donors (Lipinski definition) is 1. The Morgan fingerprint density at radius 3 is 3.05 bits per heavy atom. The third kappa shape index (κ3) is 1.49. The highest BCUT2D eigenvalue weighted by molar-refractivity contribution is 5.79. The number of esters is 1. The summed E-state index contributed by atoms with van der Waals surface area (Å²) in [6, 6.07) is 5.79. The molecule has 0 amide bonds. The Morgan fingerprint density at radius 2 is 2.20 bits per heavy atom. The van der Waals surface area contributed by atoms with E-state index < -0.39 is 0 Å². The fourth-order valence-electron chi connectivity index (χ4n) is 4.78. The molecule has 1 aromatic carbocycles. The van der Waals surface area contributed by atoms with Crippen molar-refractivity contribution in [2.45, 2.75) is 38.5 Å². The number of phenols is 1. The maximum atomic E-state index is 12.0. The number of carbonyl (C=O) groups is 1. The molecule has 3 heteroatoms. The van der Waals surface area contributed by atoms with Crippen LogP contribution in [0.1, 0.15) is 43.2 Å². The van der Waals surface area contributed by atoms with Gasteiger partial charge in [-0.05, 0) is 67.7 Å². The van der Waals surface area contributed by atoms with Gasteiger partial charge in [-0.1, -0.05) is 6.07 Å². The van der Waals surface area contributed by atoms with Crippen LogP contribution >= 0.6 is 0 Å². The Labute approximate surface area is 118 Å². The topological polar surface area (TPSA) is 46.5 Å². The average Bonchev–Trinajstić information content (AvgIpc) is 2.74. The van der Waals surface area contributed by atoms with Crippen LogP contribution in [0.4, 0.5) is 0 Å². The van der Waals surface area contributed by atoms with Gasteiger partial charge in [-0.25, -0.2) is 0 Å². The van der Waals surface area contributed by atoms with Gasteiger partial charge < -0.3 is 9.84 Å². The van der Waals surface area contributed by atoms with Crippen molar-refractivity contribution < 1.29 is 14.6 Å². The van der Waals surface area contributed by atoms with Crippen molar-refractivity contribution in [1.82, 2.24) is 0 Å². The number of benzene rings is 1. The van der Waals surface area contributed by atoms with Crippen LogP contribution in [-0.2, 0) is 16.0 Å². The fraction of sp³-hybridized carbons (Fsp3) is 0.588. The highest BCUT2D eigenvalue weighted by Gasteiger charge is 2.56. The SMILES string of the molecule is C[C@]12CC[C@@H]3c4ccc(O)cc4CC[C@@H]3[C@@H]1COC2=O. The predicted molar refractivity (Wildman–Crippen MR) is 74.4 cm³/mol. The molecule has 2 aliphatic carbocycles. The van der Waals surface area contributed by atoms with Gasteiger partial charge in [0, 0.05) is 5.92 Å². The van der Waals surface area contributed by atoms with Crippen molar-refractivity contribution in [3.8, 4) is 5.75 Å². The first-order valence-electron chi connectivity index (χ1n) is 7.58. The predicted octanol–water partition coefficient (Wildman–Crippen LogP) is 3.01. The van der Waals surface area contributed by atoms with Gasteiger partial charge >= 0.3 is 5.97 Å². The minimum atomic E-state index is -0.254. The molecule has 1 aromatic rings. The third-order valence-electron chi connectivity index (χ3n) is 5.96. The Balaban J connectivity index is 1.73. The molecular weight excluding hydrogens is 252 g/mol. The van der Waals surface area contributed by atoms with Crippen LogP contribution in [0.3, 0.4) is 0 Å². The van der Waals surface area contributed by atoms with E-state index in [1.165, 1.54) is 11.1 Å². The second-order valence-electron chi connectivity index (χ2n) is 6.85. The first-order valence-corrected chi connectivity index (χ1v) is 7.58. The maximum Gasteiger partial charge on any atom is 0.312 e. The van der Waals surface area contributed by atoms with Crippen LogP contribution < -0.4 is 0 Å². The van der Waals surface area contributed by atoms with Gasteiger partial charge in [0.05, 0.1) is 12.0 Å². The third-order valence-corrected chi connectivity index (χ3v) is 5.96. The van der Waals surface area contributed by atoms with Gasteiger partial charge in [-0.2, -0.15) is 0 Å². The summed E-state index contributed by atoms with van der Waals surface area (Å²) in [6.45, 7) is 2.69. The molecule has 20 heavy (non-hydrogen) atoms. The molecule has 0 spiro atoms. The first-order chi connectivity index (χ1) is 9.59. The highest BCUT2D eigenvalue weighted by atomic mass is 16.5. The minimum Gasteiger partial charge on any atom is -0.508 e. The summed E-state index contributed by atoms with van der Waals surface area (Å²) in [4.78, 5) is 12.0. The zero-order valence-corrected chi connectivity index (χ0v) is 11.8. The van der Waals surface area contributed by atoms with E-state index in [2.05, 4.69) is 13.0 Å². The lowest BCUT2D eigenvalue weighted by Gasteiger charge is -2.46. The van der Waals surface area contributed by atoms with Gasteiger partial charge in [0.1, 0.15) is 5.75 Å². The van der Waals surface area contributed by atoms with E-state index in [9.17, 15) is 9.90 Å². The smallest absolute Gasteiger partial charge is 0.312 e. The number of fused-ring (bicyclic) bond motifs is 5. The minimum absolute atomic E-state index is 0.0115. The molecule has 1 aliphatic heterocycles. The molecule has 106 valence electrons. The van der Waals surface area contributed by atoms with Gasteiger partial charge in [-0.3, -0.25) is 4.79 Å². The number of cyclic esters (lactones) is 1. The molecule has 0 radical (unpaired) electrons. The summed E-state index contributed by atoms with van der Waals surface area (Å²) < 4.78 is 5.38. The number of aryl methyl sites for hydroxylation is 1. The molecule has 1 saturated heterocycles. The number of aromatic hydroxyl groups is 1. The molecular formula is C17H20O3. The van der Waals surface area contributed by atoms with Crippen LogP contribution in [0.2, 0.25) is 0 Å². The molecule has 0 aromatic heterocycles. The number of ether oxygens (including phenoxy) is 1. The van der Waals surface area contributed by atoms with Crippen LogP contribution in [-0.4, -0.2) is 17.7 Å². The molecule has 4 rings (SSSR count). The average molecular weight is 272 g/mol. The second kappa shape index (κ2) is 4.00. The van der Waals surface area contributed by atoms with E-state index in [1.807, 2.05) is 6.07 Å². The molecule has 0 unspecified atom stereocenters. The molecule has 0 bridgehead atoms. The standard InChI is InChI=1S/C17H20O3/c1-17-7-6-13-12-5-3-11(18)8-10(12)2-4-14(13)15(17)9-20-16(17)19/h3,5,8,13-15,18H,2,4,6-7,9H2,1H3/t13-,14+,15+,17+/m1/s1. The van der Waals surface area contributed by atoms with Crippen molar-refractivity contribution in [3.63, 3.8) is 0 Å². The molecule has 1 heterocycles. The van der Waals surface area contributed by atoms with Crippen molar-refractivity contribution in [1.29, 1.82) is 0 Å². The summed E-state index contributed by atoms with van der Waals surface area (Å²) in [5.74, 6) is 1.83. The summed E-state index contributed by atoms with van der Waals surface area (Å²) >= 11 is 0. The Kier molecular flexibility index (Phi) is 2.45. The second-order valence-corrected chi connectivity index (χ2v) is 6.85. The van der Waals surface area contributed by atoms with Gasteiger partial charge in [-0.15, -0.1) is 0 Å². The molecule has 2 fully saturated rings. The lowest BCUT2D eigenvalue weighted by atomic mass is 9.55.